The Morgan fingerprint density at radius 3 is 2.81 bits per heavy atom. The zero-order valence-corrected chi connectivity index (χ0v) is 16.0. The minimum atomic E-state index is 0.0531. The molecule has 1 aromatic carbocycles. The van der Waals surface area contributed by atoms with E-state index in [1.807, 2.05) is 6.07 Å². The van der Waals surface area contributed by atoms with Crippen LogP contribution in [0.1, 0.15) is 17.2 Å². The SMILES string of the molecule is Cc1ccccc1[C@H]1[C@@H]2CN(c3cc(NCCO)nc(N)n3)C[C@@H]2CN1C. The zero-order chi connectivity index (χ0) is 19.0. The van der Waals surface area contributed by atoms with Gasteiger partial charge in [-0.1, -0.05) is 24.3 Å². The van der Waals surface area contributed by atoms with Crippen molar-refractivity contribution in [1.82, 2.24) is 14.9 Å². The Bertz CT molecular complexity index is 813. The normalized spacial score (nSPS) is 25.0. The molecule has 2 saturated heterocycles. The van der Waals surface area contributed by atoms with E-state index in [0.29, 0.717) is 30.2 Å². The van der Waals surface area contributed by atoms with E-state index in [9.17, 15) is 0 Å². The Labute approximate surface area is 160 Å². The van der Waals surface area contributed by atoms with Gasteiger partial charge in [0.05, 0.1) is 6.61 Å². The molecule has 0 bridgehead atoms. The van der Waals surface area contributed by atoms with Gasteiger partial charge in [-0.25, -0.2) is 0 Å². The molecule has 144 valence electrons. The summed E-state index contributed by atoms with van der Waals surface area (Å²) >= 11 is 0. The maximum atomic E-state index is 9.02. The van der Waals surface area contributed by atoms with E-state index in [1.54, 1.807) is 0 Å². The summed E-state index contributed by atoms with van der Waals surface area (Å²) in [7, 11) is 2.24. The zero-order valence-electron chi connectivity index (χ0n) is 16.0. The molecule has 2 aliphatic rings. The number of anilines is 3. The fraction of sp³-hybridized carbons (Fsp3) is 0.500. The van der Waals surface area contributed by atoms with Crippen LogP contribution in [-0.4, -0.2) is 59.8 Å². The Kier molecular flexibility index (Phi) is 4.88. The summed E-state index contributed by atoms with van der Waals surface area (Å²) in [5.41, 5.74) is 8.70. The molecule has 0 saturated carbocycles. The van der Waals surface area contributed by atoms with Crippen molar-refractivity contribution in [2.24, 2.45) is 11.8 Å². The number of likely N-dealkylation sites (tertiary alicyclic amines) is 1. The van der Waals surface area contributed by atoms with Crippen LogP contribution in [0.2, 0.25) is 0 Å². The van der Waals surface area contributed by atoms with Crippen LogP contribution >= 0.6 is 0 Å². The van der Waals surface area contributed by atoms with E-state index in [4.69, 9.17) is 10.8 Å². The van der Waals surface area contributed by atoms with Crippen molar-refractivity contribution < 1.29 is 5.11 Å². The predicted octanol–water partition coefficient (Wildman–Crippen LogP) is 1.51. The first-order valence-corrected chi connectivity index (χ1v) is 9.57. The number of hydrogen-bond donors (Lipinski definition) is 3. The Balaban J connectivity index is 1.57. The molecule has 3 atom stereocenters. The number of nitrogens with two attached hydrogens (primary N) is 1. The Morgan fingerprint density at radius 2 is 2.04 bits per heavy atom. The second kappa shape index (κ2) is 7.32. The van der Waals surface area contributed by atoms with Gasteiger partial charge in [0, 0.05) is 44.2 Å². The number of aliphatic hydroxyl groups excluding tert-OH is 1. The molecule has 4 rings (SSSR count). The fourth-order valence-corrected chi connectivity index (χ4v) is 4.72. The molecule has 4 N–H and O–H groups in total. The van der Waals surface area contributed by atoms with Crippen LogP contribution in [-0.2, 0) is 0 Å². The van der Waals surface area contributed by atoms with Crippen molar-refractivity contribution in [1.29, 1.82) is 0 Å². The highest BCUT2D eigenvalue weighted by molar-refractivity contribution is 5.53. The third kappa shape index (κ3) is 3.44. The van der Waals surface area contributed by atoms with Crippen molar-refractivity contribution in [2.75, 3.05) is 55.8 Å². The molecule has 2 aliphatic heterocycles. The summed E-state index contributed by atoms with van der Waals surface area (Å²) in [5, 5.41) is 12.1. The predicted molar refractivity (Wildman–Crippen MR) is 108 cm³/mol. The number of nitrogens with one attached hydrogen (secondary N) is 1. The summed E-state index contributed by atoms with van der Waals surface area (Å²) in [4.78, 5) is 13.5. The molecule has 7 heteroatoms. The molecule has 0 spiro atoms. The summed E-state index contributed by atoms with van der Waals surface area (Å²) in [6.07, 6.45) is 0. The largest absolute Gasteiger partial charge is 0.395 e. The summed E-state index contributed by atoms with van der Waals surface area (Å²) in [6.45, 7) is 5.74. The lowest BCUT2D eigenvalue weighted by molar-refractivity contribution is 0.279. The van der Waals surface area contributed by atoms with E-state index in [1.165, 1.54) is 11.1 Å². The van der Waals surface area contributed by atoms with Crippen LogP contribution in [0.15, 0.2) is 30.3 Å². The molecule has 27 heavy (non-hydrogen) atoms. The highest BCUT2D eigenvalue weighted by atomic mass is 16.3. The number of aliphatic hydroxyl groups is 1. The number of aryl methyl sites for hydroxylation is 1. The molecule has 7 nitrogen and oxygen atoms in total. The number of fused-ring (bicyclic) bond motifs is 1. The standard InChI is InChI=1S/C20H28N6O/c1-13-5-3-4-6-15(13)19-16-12-26(11-14(16)10-25(19)2)18-9-17(22-7-8-27)23-20(21)24-18/h3-6,9,14,16,19,27H,7-8,10-12H2,1-2H3,(H3,21,22,23,24)/t14-,16+,19-/m0/s1. The molecule has 0 radical (unpaired) electrons. The average Bonchev–Trinajstić information content (AvgIpc) is 3.17. The average molecular weight is 368 g/mol. The van der Waals surface area contributed by atoms with E-state index >= 15 is 0 Å². The first-order valence-electron chi connectivity index (χ1n) is 9.57. The Morgan fingerprint density at radius 1 is 1.22 bits per heavy atom. The first-order chi connectivity index (χ1) is 13.1. The van der Waals surface area contributed by atoms with E-state index < -0.39 is 0 Å². The maximum Gasteiger partial charge on any atom is 0.223 e. The van der Waals surface area contributed by atoms with Crippen molar-refractivity contribution in [3.05, 3.63) is 41.5 Å². The summed E-state index contributed by atoms with van der Waals surface area (Å²) in [5.74, 6) is 2.98. The quantitative estimate of drug-likeness (QED) is 0.737. The molecular weight excluding hydrogens is 340 g/mol. The van der Waals surface area contributed by atoms with Crippen molar-refractivity contribution in [2.45, 2.75) is 13.0 Å². The molecule has 0 unspecified atom stereocenters. The molecule has 2 fully saturated rings. The molecule has 1 aromatic heterocycles. The van der Waals surface area contributed by atoms with Gasteiger partial charge in [0.2, 0.25) is 5.95 Å². The van der Waals surface area contributed by atoms with Gasteiger partial charge >= 0.3 is 0 Å². The van der Waals surface area contributed by atoms with Crippen LogP contribution in [0.4, 0.5) is 17.6 Å². The van der Waals surface area contributed by atoms with Crippen molar-refractivity contribution in [3.63, 3.8) is 0 Å². The van der Waals surface area contributed by atoms with Crippen LogP contribution in [0, 0.1) is 18.8 Å². The van der Waals surface area contributed by atoms with Gasteiger partial charge in [0.15, 0.2) is 0 Å². The topological polar surface area (TPSA) is 90.5 Å². The number of aromatic nitrogens is 2. The van der Waals surface area contributed by atoms with Crippen LogP contribution in [0.5, 0.6) is 0 Å². The third-order valence-electron chi connectivity index (χ3n) is 5.87. The third-order valence-corrected chi connectivity index (χ3v) is 5.87. The lowest BCUT2D eigenvalue weighted by Gasteiger charge is -2.28. The number of benzene rings is 1. The van der Waals surface area contributed by atoms with E-state index in [-0.39, 0.29) is 12.6 Å². The lowest BCUT2D eigenvalue weighted by atomic mass is 9.88. The van der Waals surface area contributed by atoms with Gasteiger partial charge in [-0.2, -0.15) is 9.97 Å². The van der Waals surface area contributed by atoms with Gasteiger partial charge < -0.3 is 21.1 Å². The number of hydrogen-bond acceptors (Lipinski definition) is 7. The lowest BCUT2D eigenvalue weighted by Crippen LogP contribution is -2.30. The highest BCUT2D eigenvalue weighted by Gasteiger charge is 2.46. The fourth-order valence-electron chi connectivity index (χ4n) is 4.72. The summed E-state index contributed by atoms with van der Waals surface area (Å²) in [6, 6.07) is 11.1. The maximum absolute atomic E-state index is 9.02. The highest BCUT2D eigenvalue weighted by Crippen LogP contribution is 2.45. The minimum Gasteiger partial charge on any atom is -0.395 e. The van der Waals surface area contributed by atoms with Gasteiger partial charge in [0.1, 0.15) is 11.6 Å². The van der Waals surface area contributed by atoms with Crippen molar-refractivity contribution in [3.8, 4) is 0 Å². The number of rotatable bonds is 5. The van der Waals surface area contributed by atoms with Gasteiger partial charge in [-0.3, -0.25) is 4.90 Å². The van der Waals surface area contributed by atoms with Crippen LogP contribution in [0.25, 0.3) is 0 Å². The first kappa shape index (κ1) is 18.0. The monoisotopic (exact) mass is 368 g/mol. The van der Waals surface area contributed by atoms with Crippen LogP contribution in [0.3, 0.4) is 0 Å². The minimum absolute atomic E-state index is 0.0531. The number of nitrogens with zero attached hydrogens (tertiary/aromatic N) is 4. The molecule has 0 aliphatic carbocycles. The van der Waals surface area contributed by atoms with Crippen LogP contribution < -0.4 is 16.0 Å². The van der Waals surface area contributed by atoms with E-state index in [0.717, 1.165) is 25.5 Å². The van der Waals surface area contributed by atoms with E-state index in [2.05, 4.69) is 63.3 Å². The smallest absolute Gasteiger partial charge is 0.223 e. The molecule has 0 amide bonds. The Hall–Kier alpha value is -2.38. The van der Waals surface area contributed by atoms with Gasteiger partial charge in [0.25, 0.3) is 0 Å². The number of nitrogen functional groups attached to an aromatic ring is 1. The van der Waals surface area contributed by atoms with Gasteiger partial charge in [-0.15, -0.1) is 0 Å². The molecule has 2 aromatic rings. The molecule has 3 heterocycles. The molecular formula is C20H28N6O. The van der Waals surface area contributed by atoms with Crippen molar-refractivity contribution >= 4 is 17.6 Å². The second-order valence-corrected chi connectivity index (χ2v) is 7.69. The summed E-state index contributed by atoms with van der Waals surface area (Å²) < 4.78 is 0. The second-order valence-electron chi connectivity index (χ2n) is 7.69. The van der Waals surface area contributed by atoms with Gasteiger partial charge in [-0.05, 0) is 31.0 Å².